The first kappa shape index (κ1) is 19.7. The highest BCUT2D eigenvalue weighted by atomic mass is 16.3. The minimum Gasteiger partial charge on any atom is -0.465 e. The standard InChI is InChI=1S/C21H34O2/c1-20(22)16-13-11-9-7-5-3-2-4-6-8-10-12-14-17-21-18-15-19-23-21/h14-15,17-19H,2-13,16H2,1H3. The molecule has 2 nitrogen and oxygen atoms in total. The summed E-state index contributed by atoms with van der Waals surface area (Å²) in [6.07, 6.45) is 22.4. The molecule has 0 aliphatic rings. The van der Waals surface area contributed by atoms with Crippen molar-refractivity contribution in [2.24, 2.45) is 0 Å². The van der Waals surface area contributed by atoms with Gasteiger partial charge < -0.3 is 9.21 Å². The van der Waals surface area contributed by atoms with E-state index in [1.807, 2.05) is 12.1 Å². The van der Waals surface area contributed by atoms with Gasteiger partial charge in [-0.25, -0.2) is 0 Å². The maximum absolute atomic E-state index is 10.8. The first-order valence-electron chi connectivity index (χ1n) is 9.48. The van der Waals surface area contributed by atoms with Crippen molar-refractivity contribution in [2.75, 3.05) is 0 Å². The van der Waals surface area contributed by atoms with Crippen LogP contribution in [-0.2, 0) is 4.79 Å². The number of hydrogen-bond acceptors (Lipinski definition) is 2. The second-order valence-corrected chi connectivity index (χ2v) is 6.55. The number of furan rings is 1. The van der Waals surface area contributed by atoms with Crippen LogP contribution >= 0.6 is 0 Å². The molecule has 23 heavy (non-hydrogen) atoms. The van der Waals surface area contributed by atoms with Gasteiger partial charge in [0.15, 0.2) is 0 Å². The van der Waals surface area contributed by atoms with Crippen LogP contribution in [0, 0.1) is 0 Å². The van der Waals surface area contributed by atoms with Crippen LogP contribution in [0.1, 0.15) is 96.2 Å². The fraction of sp³-hybridized carbons (Fsp3) is 0.667. The molecule has 130 valence electrons. The molecule has 1 aromatic rings. The zero-order valence-corrected chi connectivity index (χ0v) is 14.9. The Labute approximate surface area is 142 Å². The van der Waals surface area contributed by atoms with Crippen molar-refractivity contribution >= 4 is 11.9 Å². The van der Waals surface area contributed by atoms with E-state index in [2.05, 4.69) is 12.2 Å². The Morgan fingerprint density at radius 2 is 1.48 bits per heavy atom. The number of carbonyl (C=O) groups excluding carboxylic acids is 1. The Kier molecular flexibility index (Phi) is 12.3. The van der Waals surface area contributed by atoms with Gasteiger partial charge in [0.25, 0.3) is 0 Å². The molecule has 0 aromatic carbocycles. The molecule has 0 bridgehead atoms. The zero-order valence-electron chi connectivity index (χ0n) is 14.9. The summed E-state index contributed by atoms with van der Waals surface area (Å²) in [6, 6.07) is 3.91. The van der Waals surface area contributed by atoms with Gasteiger partial charge in [-0.1, -0.05) is 63.9 Å². The third-order valence-corrected chi connectivity index (χ3v) is 4.22. The topological polar surface area (TPSA) is 30.2 Å². The molecule has 0 aliphatic carbocycles. The monoisotopic (exact) mass is 318 g/mol. The van der Waals surface area contributed by atoms with Crippen LogP contribution in [0.25, 0.3) is 6.08 Å². The van der Waals surface area contributed by atoms with Crippen molar-refractivity contribution < 1.29 is 9.21 Å². The lowest BCUT2D eigenvalue weighted by Gasteiger charge is -2.02. The molecule has 0 N–H and O–H groups in total. The molecule has 0 spiro atoms. The number of allylic oxidation sites excluding steroid dienone is 1. The predicted molar refractivity (Wildman–Crippen MR) is 98.4 cm³/mol. The molecule has 2 heteroatoms. The number of Topliss-reactive ketones (excluding diaryl/α,β-unsaturated/α-hetero) is 1. The van der Waals surface area contributed by atoms with Gasteiger partial charge in [-0.2, -0.15) is 0 Å². The predicted octanol–water partition coefficient (Wildman–Crippen LogP) is 6.95. The Morgan fingerprint density at radius 1 is 0.913 bits per heavy atom. The number of hydrogen-bond donors (Lipinski definition) is 0. The van der Waals surface area contributed by atoms with Crippen molar-refractivity contribution in [3.8, 4) is 0 Å². The molecular weight excluding hydrogens is 284 g/mol. The van der Waals surface area contributed by atoms with E-state index in [-0.39, 0.29) is 0 Å². The summed E-state index contributed by atoms with van der Waals surface area (Å²) < 4.78 is 5.26. The third kappa shape index (κ3) is 12.9. The van der Waals surface area contributed by atoms with Crippen LogP contribution < -0.4 is 0 Å². The second kappa shape index (κ2) is 14.3. The van der Waals surface area contributed by atoms with Crippen molar-refractivity contribution in [2.45, 2.75) is 90.4 Å². The molecule has 0 radical (unpaired) electrons. The zero-order chi connectivity index (χ0) is 16.6. The molecule has 0 fully saturated rings. The Morgan fingerprint density at radius 3 is 2.00 bits per heavy atom. The number of ketones is 1. The van der Waals surface area contributed by atoms with Crippen LogP contribution in [0.15, 0.2) is 28.9 Å². The molecule has 1 heterocycles. The van der Waals surface area contributed by atoms with Gasteiger partial charge in [-0.05, 0) is 44.4 Å². The van der Waals surface area contributed by atoms with Crippen LogP contribution in [0.2, 0.25) is 0 Å². The highest BCUT2D eigenvalue weighted by molar-refractivity contribution is 5.75. The summed E-state index contributed by atoms with van der Waals surface area (Å²) in [5, 5.41) is 0. The van der Waals surface area contributed by atoms with Gasteiger partial charge >= 0.3 is 0 Å². The minimum atomic E-state index is 0.335. The van der Waals surface area contributed by atoms with E-state index in [9.17, 15) is 4.79 Å². The Hall–Kier alpha value is -1.31. The third-order valence-electron chi connectivity index (χ3n) is 4.22. The molecule has 1 aromatic heterocycles. The lowest BCUT2D eigenvalue weighted by atomic mass is 10.0. The van der Waals surface area contributed by atoms with Crippen molar-refractivity contribution in [3.05, 3.63) is 30.2 Å². The molecule has 0 aliphatic heterocycles. The summed E-state index contributed by atoms with van der Waals surface area (Å²) >= 11 is 0. The van der Waals surface area contributed by atoms with E-state index in [0.29, 0.717) is 5.78 Å². The van der Waals surface area contributed by atoms with Crippen LogP contribution in [0.5, 0.6) is 0 Å². The Balaban J connectivity index is 1.74. The van der Waals surface area contributed by atoms with Crippen molar-refractivity contribution in [1.82, 2.24) is 0 Å². The van der Waals surface area contributed by atoms with Gasteiger partial charge in [0.05, 0.1) is 6.26 Å². The molecular formula is C21H34O2. The number of rotatable bonds is 15. The summed E-state index contributed by atoms with van der Waals surface area (Å²) in [7, 11) is 0. The molecule has 0 atom stereocenters. The number of unbranched alkanes of at least 4 members (excludes halogenated alkanes) is 11. The van der Waals surface area contributed by atoms with Gasteiger partial charge in [0.1, 0.15) is 11.5 Å². The van der Waals surface area contributed by atoms with E-state index in [1.54, 1.807) is 13.2 Å². The smallest absolute Gasteiger partial charge is 0.129 e. The molecule has 0 saturated carbocycles. The van der Waals surface area contributed by atoms with Crippen molar-refractivity contribution in [1.29, 1.82) is 0 Å². The summed E-state index contributed by atoms with van der Waals surface area (Å²) in [6.45, 7) is 1.69. The average molecular weight is 319 g/mol. The van der Waals surface area contributed by atoms with Gasteiger partial charge in [0.2, 0.25) is 0 Å². The van der Waals surface area contributed by atoms with Gasteiger partial charge in [-0.15, -0.1) is 0 Å². The quantitative estimate of drug-likeness (QED) is 0.327. The second-order valence-electron chi connectivity index (χ2n) is 6.55. The SMILES string of the molecule is CC(=O)CCCCCCCCCCCCCC=Cc1ccco1. The number of carbonyl (C=O) groups is 1. The van der Waals surface area contributed by atoms with E-state index in [0.717, 1.165) is 25.0 Å². The van der Waals surface area contributed by atoms with Crippen LogP contribution in [0.3, 0.4) is 0 Å². The van der Waals surface area contributed by atoms with Crippen LogP contribution in [0.4, 0.5) is 0 Å². The normalized spacial score (nSPS) is 11.3. The molecule has 0 amide bonds. The molecule has 1 rings (SSSR count). The van der Waals surface area contributed by atoms with Gasteiger partial charge in [0, 0.05) is 6.42 Å². The first-order chi connectivity index (χ1) is 11.3. The van der Waals surface area contributed by atoms with Crippen molar-refractivity contribution in [3.63, 3.8) is 0 Å². The minimum absolute atomic E-state index is 0.335. The maximum Gasteiger partial charge on any atom is 0.129 e. The highest BCUT2D eigenvalue weighted by Crippen LogP contribution is 2.13. The van der Waals surface area contributed by atoms with E-state index in [4.69, 9.17) is 4.42 Å². The van der Waals surface area contributed by atoms with E-state index >= 15 is 0 Å². The molecule has 0 unspecified atom stereocenters. The van der Waals surface area contributed by atoms with E-state index < -0.39 is 0 Å². The summed E-state index contributed by atoms with van der Waals surface area (Å²) in [5.41, 5.74) is 0. The maximum atomic E-state index is 10.8. The van der Waals surface area contributed by atoms with Crippen LogP contribution in [-0.4, -0.2) is 5.78 Å². The fourth-order valence-corrected chi connectivity index (χ4v) is 2.81. The average Bonchev–Trinajstić information content (AvgIpc) is 3.04. The van der Waals surface area contributed by atoms with E-state index in [1.165, 1.54) is 64.2 Å². The Bertz CT molecular complexity index is 403. The van der Waals surface area contributed by atoms with Gasteiger partial charge in [-0.3, -0.25) is 0 Å². The molecule has 0 saturated heterocycles. The summed E-state index contributed by atoms with van der Waals surface area (Å²) in [4.78, 5) is 10.8. The largest absolute Gasteiger partial charge is 0.465 e. The first-order valence-corrected chi connectivity index (χ1v) is 9.48. The fourth-order valence-electron chi connectivity index (χ4n) is 2.81. The summed E-state index contributed by atoms with van der Waals surface area (Å²) in [5.74, 6) is 1.28. The lowest BCUT2D eigenvalue weighted by molar-refractivity contribution is -0.117. The lowest BCUT2D eigenvalue weighted by Crippen LogP contribution is -1.89. The highest BCUT2D eigenvalue weighted by Gasteiger charge is 1.95.